The molecule has 0 bridgehead atoms. The molecular weight excluding hydrogens is 346 g/mol. The molecule has 2 aromatic heterocycles. The zero-order chi connectivity index (χ0) is 18.6. The minimum Gasteiger partial charge on any atom is -0.461 e. The van der Waals surface area contributed by atoms with E-state index in [1.807, 2.05) is 30.3 Å². The van der Waals surface area contributed by atoms with Gasteiger partial charge in [-0.3, -0.25) is 10.1 Å². The second-order valence-corrected chi connectivity index (χ2v) is 5.80. The number of carbonyl (C=O) groups excluding carboxylic acids is 2. The molecule has 6 heteroatoms. The smallest absolute Gasteiger partial charge is 0.412 e. The third-order valence-corrected chi connectivity index (χ3v) is 3.99. The van der Waals surface area contributed by atoms with Crippen LogP contribution in [0.25, 0.3) is 11.0 Å². The Bertz CT molecular complexity index is 1080. The third kappa shape index (κ3) is 3.46. The van der Waals surface area contributed by atoms with Gasteiger partial charge in [0.1, 0.15) is 17.9 Å². The van der Waals surface area contributed by atoms with Crippen molar-refractivity contribution >= 4 is 28.5 Å². The summed E-state index contributed by atoms with van der Waals surface area (Å²) in [5, 5.41) is 3.23. The van der Waals surface area contributed by atoms with Gasteiger partial charge in [-0.05, 0) is 29.8 Å². The lowest BCUT2D eigenvalue weighted by atomic mass is 10.1. The van der Waals surface area contributed by atoms with Gasteiger partial charge in [-0.15, -0.1) is 0 Å². The van der Waals surface area contributed by atoms with Gasteiger partial charge in [0.15, 0.2) is 5.76 Å². The van der Waals surface area contributed by atoms with Crippen LogP contribution in [0.2, 0.25) is 0 Å². The summed E-state index contributed by atoms with van der Waals surface area (Å²) in [5.74, 6) is -0.355. The maximum Gasteiger partial charge on any atom is 0.412 e. The van der Waals surface area contributed by atoms with Crippen LogP contribution in [-0.2, 0) is 11.3 Å². The van der Waals surface area contributed by atoms with Gasteiger partial charge in [-0.25, -0.2) is 4.79 Å². The number of furan rings is 2. The summed E-state index contributed by atoms with van der Waals surface area (Å²) < 4.78 is 16.1. The molecule has 2 aromatic carbocycles. The number of ether oxygens (including phenoxy) is 1. The average Bonchev–Trinajstić information content (AvgIpc) is 3.36. The van der Waals surface area contributed by atoms with Gasteiger partial charge in [0, 0.05) is 5.39 Å². The topological polar surface area (TPSA) is 81.7 Å². The van der Waals surface area contributed by atoms with E-state index in [1.165, 1.54) is 12.3 Å². The van der Waals surface area contributed by atoms with Crippen LogP contribution < -0.4 is 5.32 Å². The van der Waals surface area contributed by atoms with Crippen LogP contribution in [0, 0.1) is 0 Å². The number of ketones is 1. The number of hydrogen-bond acceptors (Lipinski definition) is 5. The molecule has 6 nitrogen and oxygen atoms in total. The summed E-state index contributed by atoms with van der Waals surface area (Å²) in [5.41, 5.74) is 1.59. The van der Waals surface area contributed by atoms with E-state index < -0.39 is 11.9 Å². The number of anilines is 1. The van der Waals surface area contributed by atoms with Crippen LogP contribution in [0.1, 0.15) is 21.9 Å². The van der Waals surface area contributed by atoms with Gasteiger partial charge >= 0.3 is 6.09 Å². The predicted molar refractivity (Wildman–Crippen MR) is 98.6 cm³/mol. The Morgan fingerprint density at radius 2 is 1.70 bits per heavy atom. The quantitative estimate of drug-likeness (QED) is 0.506. The van der Waals surface area contributed by atoms with Crippen molar-refractivity contribution in [2.24, 2.45) is 0 Å². The van der Waals surface area contributed by atoms with Crippen molar-refractivity contribution in [3.63, 3.8) is 0 Å². The first kappa shape index (κ1) is 16.7. The standard InChI is InChI=1S/C21H15NO5/c23-19(17-11-6-12-25-17)20-18(15-9-4-5-10-16(15)27-20)22-21(24)26-13-14-7-2-1-3-8-14/h1-12H,13H2,(H,22,24). The molecule has 0 saturated heterocycles. The molecule has 134 valence electrons. The molecule has 0 saturated carbocycles. The molecule has 0 radical (unpaired) electrons. The summed E-state index contributed by atoms with van der Waals surface area (Å²) in [7, 11) is 0. The lowest BCUT2D eigenvalue weighted by Gasteiger charge is -2.07. The lowest BCUT2D eigenvalue weighted by Crippen LogP contribution is -2.15. The van der Waals surface area contributed by atoms with Crippen molar-refractivity contribution in [3.8, 4) is 0 Å². The van der Waals surface area contributed by atoms with Crippen molar-refractivity contribution in [1.29, 1.82) is 0 Å². The highest BCUT2D eigenvalue weighted by Crippen LogP contribution is 2.32. The molecule has 0 spiro atoms. The van der Waals surface area contributed by atoms with E-state index in [4.69, 9.17) is 13.6 Å². The number of benzene rings is 2. The lowest BCUT2D eigenvalue weighted by molar-refractivity contribution is 0.0986. The van der Waals surface area contributed by atoms with Gasteiger partial charge in [-0.1, -0.05) is 42.5 Å². The van der Waals surface area contributed by atoms with Gasteiger partial charge in [0.25, 0.3) is 5.78 Å². The molecule has 0 aliphatic rings. The molecule has 0 fully saturated rings. The molecule has 0 aliphatic carbocycles. The zero-order valence-corrected chi connectivity index (χ0v) is 14.2. The molecule has 1 N–H and O–H groups in total. The number of amides is 1. The van der Waals surface area contributed by atoms with Crippen LogP contribution in [-0.4, -0.2) is 11.9 Å². The first-order valence-electron chi connectivity index (χ1n) is 8.30. The van der Waals surface area contributed by atoms with Crippen LogP contribution in [0.15, 0.2) is 81.8 Å². The van der Waals surface area contributed by atoms with E-state index in [-0.39, 0.29) is 23.8 Å². The summed E-state index contributed by atoms with van der Waals surface area (Å²) in [6, 6.07) is 19.5. The minimum absolute atomic E-state index is 0.0113. The third-order valence-electron chi connectivity index (χ3n) is 3.99. The molecule has 4 aromatic rings. The maximum atomic E-state index is 12.7. The fraction of sp³-hybridized carbons (Fsp3) is 0.0476. The van der Waals surface area contributed by atoms with Crippen molar-refractivity contribution in [3.05, 3.63) is 90.1 Å². The molecule has 4 rings (SSSR count). The largest absolute Gasteiger partial charge is 0.461 e. The van der Waals surface area contributed by atoms with Crippen LogP contribution >= 0.6 is 0 Å². The number of carbonyl (C=O) groups is 2. The Morgan fingerprint density at radius 1 is 0.926 bits per heavy atom. The summed E-state index contributed by atoms with van der Waals surface area (Å²) >= 11 is 0. The Labute approximate surface area is 154 Å². The van der Waals surface area contributed by atoms with E-state index in [0.717, 1.165) is 5.56 Å². The Morgan fingerprint density at radius 3 is 2.48 bits per heavy atom. The molecule has 1 amide bonds. The first-order valence-corrected chi connectivity index (χ1v) is 8.30. The van der Waals surface area contributed by atoms with Crippen LogP contribution in [0.3, 0.4) is 0 Å². The van der Waals surface area contributed by atoms with Crippen molar-refractivity contribution in [2.75, 3.05) is 5.32 Å². The monoisotopic (exact) mass is 361 g/mol. The van der Waals surface area contributed by atoms with Crippen molar-refractivity contribution < 1.29 is 23.2 Å². The normalized spacial score (nSPS) is 10.7. The van der Waals surface area contributed by atoms with Gasteiger partial charge in [-0.2, -0.15) is 0 Å². The molecule has 0 atom stereocenters. The number of rotatable bonds is 5. The van der Waals surface area contributed by atoms with Crippen molar-refractivity contribution in [1.82, 2.24) is 0 Å². The number of hydrogen-bond donors (Lipinski definition) is 1. The Kier molecular flexibility index (Phi) is 4.45. The van der Waals surface area contributed by atoms with Crippen molar-refractivity contribution in [2.45, 2.75) is 6.61 Å². The highest BCUT2D eigenvalue weighted by Gasteiger charge is 2.25. The number of nitrogens with one attached hydrogen (secondary N) is 1. The van der Waals surface area contributed by atoms with Gasteiger partial charge < -0.3 is 13.6 Å². The van der Waals surface area contributed by atoms with E-state index in [1.54, 1.807) is 30.3 Å². The van der Waals surface area contributed by atoms with Gasteiger partial charge in [0.05, 0.1) is 6.26 Å². The fourth-order valence-corrected chi connectivity index (χ4v) is 2.71. The number of fused-ring (bicyclic) bond motifs is 1. The molecule has 0 aliphatic heterocycles. The maximum absolute atomic E-state index is 12.7. The van der Waals surface area contributed by atoms with E-state index in [2.05, 4.69) is 5.32 Å². The summed E-state index contributed by atoms with van der Waals surface area (Å²) in [6.07, 6.45) is 0.718. The predicted octanol–water partition coefficient (Wildman–Crippen LogP) is 5.01. The van der Waals surface area contributed by atoms with E-state index in [0.29, 0.717) is 11.0 Å². The SMILES string of the molecule is O=C(Nc1c(C(=O)c2ccco2)oc2ccccc12)OCc1ccccc1. The molecule has 27 heavy (non-hydrogen) atoms. The Balaban J connectivity index is 1.61. The average molecular weight is 361 g/mol. The fourth-order valence-electron chi connectivity index (χ4n) is 2.71. The van der Waals surface area contributed by atoms with E-state index in [9.17, 15) is 9.59 Å². The zero-order valence-electron chi connectivity index (χ0n) is 14.2. The number of para-hydroxylation sites is 1. The molecule has 2 heterocycles. The molecule has 0 unspecified atom stereocenters. The highest BCUT2D eigenvalue weighted by molar-refractivity contribution is 6.15. The second kappa shape index (κ2) is 7.21. The first-order chi connectivity index (χ1) is 13.2. The molecular formula is C21H15NO5. The van der Waals surface area contributed by atoms with Crippen LogP contribution in [0.5, 0.6) is 0 Å². The second-order valence-electron chi connectivity index (χ2n) is 5.80. The van der Waals surface area contributed by atoms with Gasteiger partial charge in [0.2, 0.25) is 5.76 Å². The minimum atomic E-state index is -0.682. The summed E-state index contributed by atoms with van der Waals surface area (Å²) in [6.45, 7) is 0.115. The van der Waals surface area contributed by atoms with E-state index >= 15 is 0 Å². The highest BCUT2D eigenvalue weighted by atomic mass is 16.5. The Hall–Kier alpha value is -3.80. The summed E-state index contributed by atoms with van der Waals surface area (Å²) in [4.78, 5) is 25.0. The van der Waals surface area contributed by atoms with Crippen LogP contribution in [0.4, 0.5) is 10.5 Å².